The lowest BCUT2D eigenvalue weighted by Gasteiger charge is -2.20. The number of aliphatic hydroxyl groups excluding tert-OH is 2. The lowest BCUT2D eigenvalue weighted by Crippen LogP contribution is -2.29. The minimum atomic E-state index is -4.53. The zero-order chi connectivity index (χ0) is 41.1. The smallest absolute Gasteiger partial charge is 0.457 e. The van der Waals surface area contributed by atoms with Gasteiger partial charge in [-0.1, -0.05) is 151 Å². The number of hydrogen-bond donors (Lipinski definition) is 3. The molecule has 324 valence electrons. The van der Waals surface area contributed by atoms with Gasteiger partial charge in [0.1, 0.15) is 12.2 Å². The van der Waals surface area contributed by atoms with Crippen LogP contribution in [0.1, 0.15) is 168 Å². The summed E-state index contributed by atoms with van der Waals surface area (Å²) in [5.41, 5.74) is 0. The first kappa shape index (κ1) is 53.9. The topological polar surface area (TPSA) is 132 Å². The van der Waals surface area contributed by atoms with E-state index in [9.17, 15) is 19.4 Å². The van der Waals surface area contributed by atoms with Crippen molar-refractivity contribution < 1.29 is 43.0 Å². The van der Waals surface area contributed by atoms with Crippen molar-refractivity contribution in [3.63, 3.8) is 0 Å². The van der Waals surface area contributed by atoms with Crippen LogP contribution in [0.2, 0.25) is 0 Å². The second kappa shape index (κ2) is 42.5. The number of hydrogen-bond acceptors (Lipinski definition) is 8. The highest BCUT2D eigenvalue weighted by molar-refractivity contribution is 7.47. The van der Waals surface area contributed by atoms with Crippen molar-refractivity contribution in [1.82, 2.24) is 0 Å². The number of ether oxygens (including phenoxy) is 2. The van der Waals surface area contributed by atoms with E-state index in [-0.39, 0.29) is 13.0 Å². The van der Waals surface area contributed by atoms with E-state index < -0.39 is 45.8 Å². The fraction of sp³-hybridized carbons (Fsp3) is 0.717. The van der Waals surface area contributed by atoms with E-state index in [0.717, 1.165) is 77.0 Å². The van der Waals surface area contributed by atoms with E-state index in [1.807, 2.05) is 0 Å². The van der Waals surface area contributed by atoms with Gasteiger partial charge in [0.15, 0.2) is 0 Å². The highest BCUT2D eigenvalue weighted by atomic mass is 31.2. The van der Waals surface area contributed by atoms with E-state index in [2.05, 4.69) is 86.8 Å². The Morgan fingerprint density at radius 2 is 1.02 bits per heavy atom. The third-order valence-corrected chi connectivity index (χ3v) is 9.83. The van der Waals surface area contributed by atoms with Crippen LogP contribution >= 0.6 is 7.82 Å². The predicted molar refractivity (Wildman–Crippen MR) is 233 cm³/mol. The van der Waals surface area contributed by atoms with Crippen LogP contribution in [0.3, 0.4) is 0 Å². The maximum Gasteiger partial charge on any atom is 0.472 e. The Kier molecular flexibility index (Phi) is 40.9. The quantitative estimate of drug-likeness (QED) is 0.0239. The lowest BCUT2D eigenvalue weighted by molar-refractivity contribution is -0.154. The van der Waals surface area contributed by atoms with Crippen LogP contribution in [-0.2, 0) is 27.9 Å². The largest absolute Gasteiger partial charge is 0.472 e. The van der Waals surface area contributed by atoms with E-state index in [4.69, 9.17) is 23.6 Å². The number of allylic oxidation sites excluding steroid dienone is 12. The number of aliphatic hydroxyl groups is 2. The highest BCUT2D eigenvalue weighted by Gasteiger charge is 2.26. The van der Waals surface area contributed by atoms with Crippen molar-refractivity contribution in [3.8, 4) is 0 Å². The minimum absolute atomic E-state index is 0.0279. The van der Waals surface area contributed by atoms with Crippen LogP contribution in [0, 0.1) is 0 Å². The van der Waals surface area contributed by atoms with E-state index in [0.29, 0.717) is 13.0 Å². The molecule has 0 aliphatic carbocycles. The van der Waals surface area contributed by atoms with Gasteiger partial charge in [-0.15, -0.1) is 0 Å². The maximum atomic E-state index is 12.6. The summed E-state index contributed by atoms with van der Waals surface area (Å²) < 4.78 is 33.3. The van der Waals surface area contributed by atoms with Gasteiger partial charge in [-0.3, -0.25) is 13.8 Å². The summed E-state index contributed by atoms with van der Waals surface area (Å²) >= 11 is 0. The summed E-state index contributed by atoms with van der Waals surface area (Å²) in [6.45, 7) is 3.33. The molecular formula is C46H81O9P. The van der Waals surface area contributed by atoms with Crippen molar-refractivity contribution >= 4 is 13.8 Å². The van der Waals surface area contributed by atoms with Crippen molar-refractivity contribution in [2.24, 2.45) is 0 Å². The van der Waals surface area contributed by atoms with Gasteiger partial charge in [-0.2, -0.15) is 0 Å². The maximum absolute atomic E-state index is 12.6. The van der Waals surface area contributed by atoms with Crippen LogP contribution in [0.5, 0.6) is 0 Å². The number of carbonyl (C=O) groups is 1. The molecule has 0 saturated heterocycles. The molecule has 0 heterocycles. The molecule has 0 aliphatic heterocycles. The third-order valence-electron chi connectivity index (χ3n) is 8.88. The summed E-state index contributed by atoms with van der Waals surface area (Å²) in [5.74, 6) is -0.418. The Bertz CT molecular complexity index is 1100. The average molecular weight is 809 g/mol. The molecule has 0 aromatic heterocycles. The molecule has 56 heavy (non-hydrogen) atoms. The minimum Gasteiger partial charge on any atom is -0.457 e. The standard InChI is InChI=1S/C46H81O9P/c1-3-5-7-9-11-13-15-17-19-21-22-23-24-26-28-30-32-34-36-38-46(49)55-45(43-54-56(50,51)53-41-44(48)40-47)42-52-39-37-35-33-31-29-27-25-20-18-16-14-12-10-8-6-4-2/h5,7,11,13,17-20,22-23,26,28,44-45,47-48H,3-4,6,8-10,12,14-16,21,24-25,27,29-43H2,1-2H3,(H,50,51)/b7-5-,13-11-,19-17-,20-18-,23-22-,28-26-. The van der Waals surface area contributed by atoms with Crippen LogP contribution < -0.4 is 0 Å². The van der Waals surface area contributed by atoms with E-state index in [1.165, 1.54) is 64.2 Å². The van der Waals surface area contributed by atoms with Gasteiger partial charge >= 0.3 is 13.8 Å². The van der Waals surface area contributed by atoms with Gasteiger partial charge in [-0.25, -0.2) is 4.57 Å². The first-order valence-electron chi connectivity index (χ1n) is 21.9. The summed E-state index contributed by atoms with van der Waals surface area (Å²) in [5, 5.41) is 18.3. The summed E-state index contributed by atoms with van der Waals surface area (Å²) in [6, 6.07) is 0. The van der Waals surface area contributed by atoms with Crippen LogP contribution in [0.4, 0.5) is 0 Å². The van der Waals surface area contributed by atoms with Crippen LogP contribution in [-0.4, -0.2) is 66.3 Å². The number of phosphoric acid groups is 1. The molecule has 3 unspecified atom stereocenters. The fourth-order valence-electron chi connectivity index (χ4n) is 5.55. The van der Waals surface area contributed by atoms with E-state index >= 15 is 0 Å². The molecule has 0 radical (unpaired) electrons. The molecule has 0 saturated carbocycles. The number of unbranched alkanes of at least 4 members (excludes halogenated alkanes) is 15. The second-order valence-corrected chi connectivity index (χ2v) is 15.8. The normalized spacial score (nSPS) is 14.7. The molecule has 0 spiro atoms. The Morgan fingerprint density at radius 1 is 0.571 bits per heavy atom. The van der Waals surface area contributed by atoms with Gasteiger partial charge in [0.05, 0.1) is 26.4 Å². The zero-order valence-electron chi connectivity index (χ0n) is 35.3. The monoisotopic (exact) mass is 809 g/mol. The molecule has 0 aromatic carbocycles. The number of esters is 1. The SMILES string of the molecule is CC/C=C\C/C=C\C/C=C\C/C=C\C/C=C\CCCCCC(=O)OC(COCCCCCCCC/C=C\CCCCCCCC)COP(=O)(O)OCC(O)CO. The molecule has 0 fully saturated rings. The molecule has 0 aromatic rings. The second-order valence-electron chi connectivity index (χ2n) is 14.3. The van der Waals surface area contributed by atoms with Crippen molar-refractivity contribution in [3.05, 3.63) is 72.9 Å². The van der Waals surface area contributed by atoms with Gasteiger partial charge in [0, 0.05) is 13.0 Å². The van der Waals surface area contributed by atoms with Gasteiger partial charge in [0.2, 0.25) is 0 Å². The number of carbonyl (C=O) groups excluding carboxylic acids is 1. The van der Waals surface area contributed by atoms with Crippen molar-refractivity contribution in [2.75, 3.05) is 33.0 Å². The molecule has 0 aliphatic rings. The molecule has 3 N–H and O–H groups in total. The zero-order valence-corrected chi connectivity index (χ0v) is 36.2. The first-order valence-corrected chi connectivity index (χ1v) is 23.4. The molecule has 10 heteroatoms. The molecule has 0 bridgehead atoms. The number of rotatable bonds is 41. The fourth-order valence-corrected chi connectivity index (χ4v) is 6.34. The Labute approximate surface area is 342 Å². The van der Waals surface area contributed by atoms with Crippen molar-refractivity contribution in [1.29, 1.82) is 0 Å². The number of phosphoric ester groups is 1. The van der Waals surface area contributed by atoms with Gasteiger partial charge < -0.3 is 24.6 Å². The Hall–Kier alpha value is -2.10. The average Bonchev–Trinajstić information content (AvgIpc) is 3.19. The Balaban J connectivity index is 4.27. The van der Waals surface area contributed by atoms with Crippen LogP contribution in [0.15, 0.2) is 72.9 Å². The molecule has 0 rings (SSSR count). The predicted octanol–water partition coefficient (Wildman–Crippen LogP) is 12.1. The Morgan fingerprint density at radius 3 is 1.55 bits per heavy atom. The highest BCUT2D eigenvalue weighted by Crippen LogP contribution is 2.43. The van der Waals surface area contributed by atoms with Gasteiger partial charge in [0.25, 0.3) is 0 Å². The summed E-state index contributed by atoms with van der Waals surface area (Å²) in [7, 11) is -4.53. The van der Waals surface area contributed by atoms with Crippen molar-refractivity contribution in [2.45, 2.75) is 180 Å². The first-order chi connectivity index (χ1) is 27.3. The van der Waals surface area contributed by atoms with Gasteiger partial charge in [-0.05, 0) is 83.5 Å². The summed E-state index contributed by atoms with van der Waals surface area (Å²) in [6.07, 6.45) is 50.0. The lowest BCUT2D eigenvalue weighted by atomic mass is 10.1. The molecular weight excluding hydrogens is 727 g/mol. The summed E-state index contributed by atoms with van der Waals surface area (Å²) in [4.78, 5) is 22.6. The molecule has 9 nitrogen and oxygen atoms in total. The third kappa shape index (κ3) is 41.5. The van der Waals surface area contributed by atoms with Crippen LogP contribution in [0.25, 0.3) is 0 Å². The van der Waals surface area contributed by atoms with E-state index in [1.54, 1.807) is 0 Å². The molecule has 0 amide bonds. The molecule has 3 atom stereocenters.